The zero-order valence-electron chi connectivity index (χ0n) is 19.2. The lowest BCUT2D eigenvalue weighted by Gasteiger charge is -2.61. The summed E-state index contributed by atoms with van der Waals surface area (Å²) in [5.41, 5.74) is 1.50. The van der Waals surface area contributed by atoms with E-state index in [1.54, 1.807) is 0 Å². The predicted octanol–water partition coefficient (Wildman–Crippen LogP) is 5.93. The number of amides is 1. The highest BCUT2D eigenvalue weighted by Crippen LogP contribution is 2.66. The topological polar surface area (TPSA) is 46.2 Å². The monoisotopic (exact) mass is 471 g/mol. The molecule has 1 amide bonds. The molecule has 7 unspecified atom stereocenters. The molecule has 0 spiro atoms. The lowest BCUT2D eigenvalue weighted by molar-refractivity contribution is -0.173. The quantitative estimate of drug-likeness (QED) is 0.399. The van der Waals surface area contributed by atoms with Crippen LogP contribution < -0.4 is 5.32 Å². The molecule has 1 N–H and O–H groups in total. The summed E-state index contributed by atoms with van der Waals surface area (Å²) in [6.07, 6.45) is 4.18. The Hall–Kier alpha value is -0.980. The molecule has 0 bridgehead atoms. The van der Waals surface area contributed by atoms with Crippen molar-refractivity contribution >= 4 is 23.5 Å². The Morgan fingerprint density at radius 1 is 1.19 bits per heavy atom. The Morgan fingerprint density at radius 2 is 1.94 bits per heavy atom. The number of nitrogens with one attached hydrogen (secondary N) is 1. The fourth-order valence-electron chi connectivity index (χ4n) is 7.76. The Balaban J connectivity index is 1.32. The summed E-state index contributed by atoms with van der Waals surface area (Å²) >= 11 is 1.84. The summed E-state index contributed by atoms with van der Waals surface area (Å²) < 4.78 is 36.8. The normalized spacial score (nSPS) is 41.6. The van der Waals surface area contributed by atoms with Gasteiger partial charge in [0.2, 0.25) is 0 Å². The second-order valence-electron chi connectivity index (χ2n) is 11.1. The third kappa shape index (κ3) is 4.16. The van der Waals surface area contributed by atoms with Crippen molar-refractivity contribution in [2.45, 2.75) is 83.1 Å². The van der Waals surface area contributed by atoms with E-state index in [9.17, 15) is 22.8 Å². The van der Waals surface area contributed by atoms with Gasteiger partial charge >= 0.3 is 12.1 Å². The predicted molar refractivity (Wildman–Crippen MR) is 121 cm³/mol. The number of carbonyl (C=O) groups is 2. The molecule has 4 fully saturated rings. The van der Waals surface area contributed by atoms with Crippen LogP contribution in [0.15, 0.2) is 12.2 Å². The molecule has 0 saturated heterocycles. The zero-order chi connectivity index (χ0) is 23.3. The van der Waals surface area contributed by atoms with E-state index in [2.05, 4.69) is 20.4 Å². The number of Topliss-reactive ketones (excluding diaryl/α,β-unsaturated/α-hetero) is 1. The van der Waals surface area contributed by atoms with E-state index in [0.29, 0.717) is 41.1 Å². The number of ketones is 1. The van der Waals surface area contributed by atoms with Crippen LogP contribution in [0.25, 0.3) is 0 Å². The van der Waals surface area contributed by atoms with Crippen LogP contribution in [0.2, 0.25) is 0 Å². The Kier molecular flexibility index (Phi) is 6.54. The maximum absolute atomic E-state index is 12.6. The highest BCUT2D eigenvalue weighted by atomic mass is 32.2. The van der Waals surface area contributed by atoms with Crippen LogP contribution in [0, 0.1) is 34.5 Å². The molecular formula is C25H36F3NO2S. The van der Waals surface area contributed by atoms with Gasteiger partial charge in [-0.25, -0.2) is 0 Å². The van der Waals surface area contributed by atoms with Crippen LogP contribution >= 0.6 is 11.8 Å². The minimum Gasteiger partial charge on any atom is -0.348 e. The summed E-state index contributed by atoms with van der Waals surface area (Å²) in [6, 6.07) is 0. The molecule has 0 aromatic rings. The fourth-order valence-corrected chi connectivity index (χ4v) is 9.01. The van der Waals surface area contributed by atoms with Crippen LogP contribution in [-0.2, 0) is 9.59 Å². The van der Waals surface area contributed by atoms with Gasteiger partial charge in [0.05, 0.1) is 0 Å². The van der Waals surface area contributed by atoms with Crippen LogP contribution in [-0.4, -0.2) is 35.4 Å². The summed E-state index contributed by atoms with van der Waals surface area (Å²) in [5, 5.41) is 2.46. The first-order valence-corrected chi connectivity index (χ1v) is 13.2. The maximum atomic E-state index is 12.6. The number of halogens is 3. The molecule has 7 atom stereocenters. The van der Waals surface area contributed by atoms with Crippen molar-refractivity contribution in [2.24, 2.45) is 34.5 Å². The maximum Gasteiger partial charge on any atom is 0.471 e. The molecule has 180 valence electrons. The van der Waals surface area contributed by atoms with Gasteiger partial charge in [0.1, 0.15) is 5.78 Å². The lowest BCUT2D eigenvalue weighted by Crippen LogP contribution is -2.54. The minimum atomic E-state index is -4.80. The highest BCUT2D eigenvalue weighted by molar-refractivity contribution is 7.99. The smallest absolute Gasteiger partial charge is 0.348 e. The number of hydrogen-bond donors (Lipinski definition) is 1. The van der Waals surface area contributed by atoms with Crippen LogP contribution in [0.1, 0.15) is 71.6 Å². The van der Waals surface area contributed by atoms with E-state index >= 15 is 0 Å². The lowest BCUT2D eigenvalue weighted by atomic mass is 9.44. The second kappa shape index (κ2) is 8.66. The van der Waals surface area contributed by atoms with Crippen LogP contribution in [0.4, 0.5) is 13.2 Å². The number of carbonyl (C=O) groups excluding carboxylic acids is 2. The molecule has 4 rings (SSSR count). The van der Waals surface area contributed by atoms with Crippen molar-refractivity contribution in [3.63, 3.8) is 0 Å². The average Bonchev–Trinajstić information content (AvgIpc) is 3.02. The van der Waals surface area contributed by atoms with Gasteiger partial charge in [-0.05, 0) is 86.2 Å². The average molecular weight is 472 g/mol. The number of rotatable bonds is 5. The van der Waals surface area contributed by atoms with Gasteiger partial charge in [-0.15, -0.1) is 0 Å². The van der Waals surface area contributed by atoms with Gasteiger partial charge in [-0.3, -0.25) is 9.59 Å². The molecule has 0 radical (unpaired) electrons. The molecule has 32 heavy (non-hydrogen) atoms. The van der Waals surface area contributed by atoms with Crippen molar-refractivity contribution in [2.75, 3.05) is 12.3 Å². The standard InChI is InChI=1S/C25H36F3NO2S/c1-15-13-17-18-5-6-21(30)24(18,3)10-8-19(17)23(2)9-7-16(14-20(15)23)32-12-4-11-29-22(31)25(26,27)28/h16-20H,1,4-14H2,2-3H3,(H,29,31). The highest BCUT2D eigenvalue weighted by Gasteiger charge is 2.60. The minimum absolute atomic E-state index is 0.0640. The van der Waals surface area contributed by atoms with Crippen molar-refractivity contribution < 1.29 is 22.8 Å². The van der Waals surface area contributed by atoms with E-state index in [4.69, 9.17) is 0 Å². The van der Waals surface area contributed by atoms with Crippen molar-refractivity contribution in [3.8, 4) is 0 Å². The van der Waals surface area contributed by atoms with Gasteiger partial charge in [0, 0.05) is 23.6 Å². The van der Waals surface area contributed by atoms with Crippen molar-refractivity contribution in [3.05, 3.63) is 12.2 Å². The van der Waals surface area contributed by atoms with Gasteiger partial charge < -0.3 is 5.32 Å². The van der Waals surface area contributed by atoms with E-state index in [1.807, 2.05) is 17.1 Å². The summed E-state index contributed by atoms with van der Waals surface area (Å²) in [6.45, 7) is 9.27. The van der Waals surface area contributed by atoms with E-state index in [1.165, 1.54) is 5.57 Å². The fraction of sp³-hybridized carbons (Fsp3) is 0.840. The van der Waals surface area contributed by atoms with E-state index in [-0.39, 0.29) is 17.4 Å². The molecule has 4 saturated carbocycles. The van der Waals surface area contributed by atoms with Gasteiger partial charge in [0.15, 0.2) is 0 Å². The Morgan fingerprint density at radius 3 is 2.66 bits per heavy atom. The molecule has 7 heteroatoms. The van der Waals surface area contributed by atoms with Crippen molar-refractivity contribution in [1.82, 2.24) is 5.32 Å². The molecule has 0 heterocycles. The number of alkyl halides is 3. The molecule has 0 aliphatic heterocycles. The van der Waals surface area contributed by atoms with Crippen molar-refractivity contribution in [1.29, 1.82) is 0 Å². The number of allylic oxidation sites excluding steroid dienone is 1. The third-order valence-electron chi connectivity index (χ3n) is 9.50. The van der Waals surface area contributed by atoms with Gasteiger partial charge in [-0.2, -0.15) is 24.9 Å². The van der Waals surface area contributed by atoms with Crippen LogP contribution in [0.3, 0.4) is 0 Å². The first-order chi connectivity index (χ1) is 15.0. The zero-order valence-corrected chi connectivity index (χ0v) is 20.0. The first-order valence-electron chi connectivity index (χ1n) is 12.1. The Labute approximate surface area is 193 Å². The molecule has 4 aliphatic carbocycles. The number of thioether (sulfide) groups is 1. The molecule has 4 aliphatic rings. The number of hydrogen-bond acceptors (Lipinski definition) is 3. The molecule has 0 aromatic carbocycles. The van der Waals surface area contributed by atoms with Gasteiger partial charge in [0.25, 0.3) is 0 Å². The SMILES string of the molecule is C=C1CC2C3CCC(=O)C3(C)CCC2C2(C)CCC(SCCCNC(=O)C(F)(F)F)CC12. The summed E-state index contributed by atoms with van der Waals surface area (Å²) in [5.74, 6) is 1.67. The number of fused-ring (bicyclic) bond motifs is 5. The molecule has 0 aromatic heterocycles. The van der Waals surface area contributed by atoms with Crippen LogP contribution in [0.5, 0.6) is 0 Å². The Bertz CT molecular complexity index is 784. The molecule has 3 nitrogen and oxygen atoms in total. The molecular weight excluding hydrogens is 435 g/mol. The van der Waals surface area contributed by atoms with E-state index < -0.39 is 12.1 Å². The third-order valence-corrected chi connectivity index (χ3v) is 10.9. The second-order valence-corrected chi connectivity index (χ2v) is 12.5. The first kappa shape index (κ1) is 24.2. The van der Waals surface area contributed by atoms with E-state index in [0.717, 1.165) is 57.1 Å². The van der Waals surface area contributed by atoms with Gasteiger partial charge in [-0.1, -0.05) is 26.0 Å². The summed E-state index contributed by atoms with van der Waals surface area (Å²) in [4.78, 5) is 23.5. The summed E-state index contributed by atoms with van der Waals surface area (Å²) in [7, 11) is 0. The largest absolute Gasteiger partial charge is 0.471 e.